The van der Waals surface area contributed by atoms with Crippen LogP contribution in [-0.2, 0) is 21.2 Å². The van der Waals surface area contributed by atoms with Gasteiger partial charge >= 0.3 is 0 Å². The summed E-state index contributed by atoms with van der Waals surface area (Å²) < 4.78 is 33.6. The van der Waals surface area contributed by atoms with Crippen LogP contribution >= 0.6 is 0 Å². The van der Waals surface area contributed by atoms with E-state index in [1.54, 1.807) is 30.3 Å². The van der Waals surface area contributed by atoms with E-state index in [1.807, 2.05) is 50.2 Å². The number of rotatable bonds is 10. The van der Waals surface area contributed by atoms with Gasteiger partial charge in [0.25, 0.3) is 10.0 Å². The fourth-order valence-corrected chi connectivity index (χ4v) is 4.80. The highest BCUT2D eigenvalue weighted by Crippen LogP contribution is 2.27. The lowest BCUT2D eigenvalue weighted by Crippen LogP contribution is -2.42. The molecular formula is C25H28N2O4S. The topological polar surface area (TPSA) is 75.7 Å². The van der Waals surface area contributed by atoms with Gasteiger partial charge in [-0.1, -0.05) is 55.5 Å². The molecule has 0 fully saturated rings. The van der Waals surface area contributed by atoms with E-state index in [2.05, 4.69) is 5.32 Å². The molecule has 3 aromatic rings. The highest BCUT2D eigenvalue weighted by Gasteiger charge is 2.28. The molecule has 3 rings (SSSR count). The smallest absolute Gasteiger partial charge is 0.264 e. The maximum absolute atomic E-state index is 13.4. The first-order valence-electron chi connectivity index (χ1n) is 10.5. The first-order chi connectivity index (χ1) is 15.4. The summed E-state index contributed by atoms with van der Waals surface area (Å²) >= 11 is 0. The summed E-state index contributed by atoms with van der Waals surface area (Å²) in [6.45, 7) is 4.16. The minimum absolute atomic E-state index is 0.140. The minimum atomic E-state index is -3.92. The van der Waals surface area contributed by atoms with E-state index in [1.165, 1.54) is 16.4 Å². The van der Waals surface area contributed by atoms with Gasteiger partial charge in [-0.15, -0.1) is 0 Å². The number of sulfonamides is 1. The molecule has 0 saturated heterocycles. The maximum Gasteiger partial charge on any atom is 0.264 e. The molecule has 0 aliphatic carbocycles. The molecule has 0 heterocycles. The number of hydrogen-bond donors (Lipinski definition) is 1. The van der Waals surface area contributed by atoms with Gasteiger partial charge in [0.15, 0.2) is 0 Å². The van der Waals surface area contributed by atoms with Crippen molar-refractivity contribution in [3.63, 3.8) is 0 Å². The van der Waals surface area contributed by atoms with Crippen LogP contribution in [0.25, 0.3) is 0 Å². The molecule has 1 N–H and O–H groups in total. The predicted octanol–water partition coefficient (Wildman–Crippen LogP) is 3.95. The zero-order valence-electron chi connectivity index (χ0n) is 18.3. The fraction of sp³-hybridized carbons (Fsp3) is 0.240. The molecule has 0 unspecified atom stereocenters. The molecule has 168 valence electrons. The van der Waals surface area contributed by atoms with Gasteiger partial charge in [-0.2, -0.15) is 0 Å². The Hall–Kier alpha value is -3.32. The van der Waals surface area contributed by atoms with Crippen LogP contribution < -0.4 is 14.4 Å². The quantitative estimate of drug-likeness (QED) is 0.473. The van der Waals surface area contributed by atoms with Crippen LogP contribution in [0.3, 0.4) is 0 Å². The molecule has 7 heteroatoms. The van der Waals surface area contributed by atoms with E-state index in [9.17, 15) is 13.2 Å². The molecule has 0 aliphatic heterocycles. The number of aryl methyl sites for hydroxylation is 2. The number of carbonyl (C=O) groups is 1. The number of hydrogen-bond acceptors (Lipinski definition) is 4. The second-order valence-electron chi connectivity index (χ2n) is 7.32. The molecule has 0 atom stereocenters. The van der Waals surface area contributed by atoms with Crippen molar-refractivity contribution in [2.75, 3.05) is 24.0 Å². The van der Waals surface area contributed by atoms with Crippen molar-refractivity contribution >= 4 is 21.6 Å². The number of ether oxygens (including phenoxy) is 1. The Morgan fingerprint density at radius 3 is 2.41 bits per heavy atom. The molecule has 0 saturated carbocycles. The molecule has 0 aromatic heterocycles. The Labute approximate surface area is 189 Å². The molecule has 0 spiro atoms. The highest BCUT2D eigenvalue weighted by atomic mass is 32.2. The molecule has 0 aliphatic rings. The summed E-state index contributed by atoms with van der Waals surface area (Å²) in [6, 6.07) is 23.0. The van der Waals surface area contributed by atoms with Gasteiger partial charge in [0.05, 0.1) is 17.1 Å². The number of amides is 1. The average Bonchev–Trinajstić information content (AvgIpc) is 2.81. The van der Waals surface area contributed by atoms with Crippen molar-refractivity contribution in [2.24, 2.45) is 0 Å². The van der Waals surface area contributed by atoms with Gasteiger partial charge in [-0.25, -0.2) is 8.42 Å². The third-order valence-electron chi connectivity index (χ3n) is 4.94. The van der Waals surface area contributed by atoms with Gasteiger partial charge in [0, 0.05) is 0 Å². The van der Waals surface area contributed by atoms with Gasteiger partial charge in [0.1, 0.15) is 18.9 Å². The highest BCUT2D eigenvalue weighted by molar-refractivity contribution is 7.92. The van der Waals surface area contributed by atoms with Crippen molar-refractivity contribution in [1.82, 2.24) is 5.32 Å². The van der Waals surface area contributed by atoms with Crippen LogP contribution in [0.5, 0.6) is 5.75 Å². The molecule has 6 nitrogen and oxygen atoms in total. The summed E-state index contributed by atoms with van der Waals surface area (Å²) in [6.07, 6.45) is 0.642. The third kappa shape index (κ3) is 5.88. The Morgan fingerprint density at radius 1 is 0.969 bits per heavy atom. The second kappa shape index (κ2) is 10.8. The predicted molar refractivity (Wildman–Crippen MR) is 126 cm³/mol. The molecule has 0 radical (unpaired) electrons. The molecule has 1 amide bonds. The number of para-hydroxylation sites is 1. The van der Waals surface area contributed by atoms with Gasteiger partial charge in [0.2, 0.25) is 5.91 Å². The van der Waals surface area contributed by atoms with Crippen molar-refractivity contribution in [2.45, 2.75) is 25.2 Å². The van der Waals surface area contributed by atoms with Crippen molar-refractivity contribution in [3.8, 4) is 5.75 Å². The summed E-state index contributed by atoms with van der Waals surface area (Å²) in [5, 5.41) is 2.76. The van der Waals surface area contributed by atoms with Crippen LogP contribution in [0, 0.1) is 6.92 Å². The average molecular weight is 453 g/mol. The third-order valence-corrected chi connectivity index (χ3v) is 6.72. The SMILES string of the molecule is CCc1ccccc1N(CC(=O)NCCOc1cccc(C)c1)S(=O)(=O)c1ccccc1. The number of nitrogens with one attached hydrogen (secondary N) is 1. The van der Waals surface area contributed by atoms with Crippen LogP contribution in [0.4, 0.5) is 5.69 Å². The Balaban J connectivity index is 1.73. The van der Waals surface area contributed by atoms with Crippen LogP contribution in [0.15, 0.2) is 83.8 Å². The second-order valence-corrected chi connectivity index (χ2v) is 9.18. The number of anilines is 1. The van der Waals surface area contributed by atoms with Crippen molar-refractivity contribution < 1.29 is 17.9 Å². The number of benzene rings is 3. The van der Waals surface area contributed by atoms with E-state index in [-0.39, 0.29) is 24.6 Å². The number of nitrogens with zero attached hydrogens (tertiary/aromatic N) is 1. The van der Waals surface area contributed by atoms with E-state index in [0.29, 0.717) is 12.1 Å². The lowest BCUT2D eigenvalue weighted by atomic mass is 10.1. The summed E-state index contributed by atoms with van der Waals surface area (Å²) in [4.78, 5) is 12.8. The van der Waals surface area contributed by atoms with Crippen LogP contribution in [0.2, 0.25) is 0 Å². The molecule has 0 bridgehead atoms. The zero-order chi connectivity index (χ0) is 23.0. The van der Waals surface area contributed by atoms with Crippen LogP contribution in [0.1, 0.15) is 18.1 Å². The lowest BCUT2D eigenvalue weighted by Gasteiger charge is -2.26. The monoisotopic (exact) mass is 452 g/mol. The standard InChI is InChI=1S/C25H28N2O4S/c1-3-21-11-7-8-15-24(21)27(32(29,30)23-13-5-4-6-14-23)19-25(28)26-16-17-31-22-12-9-10-20(2)18-22/h4-15,18H,3,16-17,19H2,1-2H3,(H,26,28). The first-order valence-corrected chi connectivity index (χ1v) is 12.0. The molecule has 3 aromatic carbocycles. The lowest BCUT2D eigenvalue weighted by molar-refractivity contribution is -0.119. The summed E-state index contributed by atoms with van der Waals surface area (Å²) in [5.41, 5.74) is 2.44. The van der Waals surface area contributed by atoms with E-state index < -0.39 is 15.9 Å². The van der Waals surface area contributed by atoms with E-state index in [4.69, 9.17) is 4.74 Å². The van der Waals surface area contributed by atoms with Crippen LogP contribution in [-0.4, -0.2) is 34.0 Å². The Kier molecular flexibility index (Phi) is 7.89. The number of carbonyl (C=O) groups excluding carboxylic acids is 1. The first kappa shape index (κ1) is 23.3. The van der Waals surface area contributed by atoms with Gasteiger partial charge in [-0.3, -0.25) is 9.10 Å². The Morgan fingerprint density at radius 2 is 1.69 bits per heavy atom. The molecule has 32 heavy (non-hydrogen) atoms. The van der Waals surface area contributed by atoms with Gasteiger partial charge < -0.3 is 10.1 Å². The fourth-order valence-electron chi connectivity index (χ4n) is 3.32. The van der Waals surface area contributed by atoms with E-state index in [0.717, 1.165) is 16.9 Å². The summed E-state index contributed by atoms with van der Waals surface area (Å²) in [5.74, 6) is 0.327. The zero-order valence-corrected chi connectivity index (χ0v) is 19.1. The van der Waals surface area contributed by atoms with Crippen molar-refractivity contribution in [1.29, 1.82) is 0 Å². The largest absolute Gasteiger partial charge is 0.492 e. The van der Waals surface area contributed by atoms with Crippen molar-refractivity contribution in [3.05, 3.63) is 90.0 Å². The Bertz CT molecular complexity index is 1150. The van der Waals surface area contributed by atoms with Gasteiger partial charge in [-0.05, 0) is 54.8 Å². The maximum atomic E-state index is 13.4. The normalized spacial score (nSPS) is 11.1. The van der Waals surface area contributed by atoms with E-state index >= 15 is 0 Å². The minimum Gasteiger partial charge on any atom is -0.492 e. The summed E-state index contributed by atoms with van der Waals surface area (Å²) in [7, 11) is -3.92. The molecular weight excluding hydrogens is 424 g/mol.